The largest absolute Gasteiger partial charge is 0.468 e. The molecule has 146 valence electrons. The number of ether oxygens (including phenoxy) is 2. The van der Waals surface area contributed by atoms with Crippen LogP contribution in [0, 0.1) is 11.3 Å². The molecule has 1 aromatic rings. The monoisotopic (exact) mass is 373 g/mol. The number of esters is 1. The molecule has 0 aromatic heterocycles. The van der Waals surface area contributed by atoms with Gasteiger partial charge in [0.2, 0.25) is 0 Å². The number of methoxy groups -OCH3 is 1. The smallest absolute Gasteiger partial charge is 0.316 e. The second kappa shape index (κ2) is 7.13. The van der Waals surface area contributed by atoms with E-state index in [0.717, 1.165) is 31.9 Å². The molecule has 3 saturated heterocycles. The van der Waals surface area contributed by atoms with Crippen LogP contribution in [0.3, 0.4) is 0 Å². The molecule has 7 nitrogen and oxygen atoms in total. The van der Waals surface area contributed by atoms with Crippen LogP contribution in [0.5, 0.6) is 0 Å². The SMILES string of the molecule is COC(=O)[C@@]12COC[C@@H]1CN(C(=O)c1ccc(N3CCN(C)CC3)cc1)C2. The Hall–Kier alpha value is -2.12. The van der Waals surface area contributed by atoms with Crippen molar-refractivity contribution in [1.29, 1.82) is 0 Å². The minimum atomic E-state index is -0.704. The zero-order valence-corrected chi connectivity index (χ0v) is 16.0. The summed E-state index contributed by atoms with van der Waals surface area (Å²) >= 11 is 0. The lowest BCUT2D eigenvalue weighted by Gasteiger charge is -2.34. The molecule has 0 unspecified atom stereocenters. The van der Waals surface area contributed by atoms with E-state index in [1.54, 1.807) is 4.90 Å². The first-order valence-corrected chi connectivity index (χ1v) is 9.52. The molecule has 0 aliphatic carbocycles. The lowest BCUT2D eigenvalue weighted by Crippen LogP contribution is -2.44. The van der Waals surface area contributed by atoms with Crippen LogP contribution in [-0.2, 0) is 14.3 Å². The number of likely N-dealkylation sites (N-methyl/N-ethyl adjacent to an activating group) is 1. The maximum Gasteiger partial charge on any atom is 0.316 e. The van der Waals surface area contributed by atoms with Gasteiger partial charge in [-0.1, -0.05) is 0 Å². The molecule has 7 heteroatoms. The van der Waals surface area contributed by atoms with E-state index in [0.29, 0.717) is 31.9 Å². The van der Waals surface area contributed by atoms with E-state index < -0.39 is 5.41 Å². The van der Waals surface area contributed by atoms with Gasteiger partial charge in [0.25, 0.3) is 5.91 Å². The molecule has 0 saturated carbocycles. The number of nitrogens with zero attached hydrogens (tertiary/aromatic N) is 3. The lowest BCUT2D eigenvalue weighted by molar-refractivity contribution is -0.153. The van der Waals surface area contributed by atoms with Crippen molar-refractivity contribution in [3.8, 4) is 0 Å². The predicted molar refractivity (Wildman–Crippen MR) is 101 cm³/mol. The summed E-state index contributed by atoms with van der Waals surface area (Å²) in [6, 6.07) is 7.83. The summed E-state index contributed by atoms with van der Waals surface area (Å²) in [6.07, 6.45) is 0. The summed E-state index contributed by atoms with van der Waals surface area (Å²) < 4.78 is 10.5. The van der Waals surface area contributed by atoms with Gasteiger partial charge in [-0.15, -0.1) is 0 Å². The average molecular weight is 373 g/mol. The molecule has 4 rings (SSSR count). The minimum Gasteiger partial charge on any atom is -0.468 e. The number of hydrogen-bond donors (Lipinski definition) is 0. The van der Waals surface area contributed by atoms with E-state index in [2.05, 4.69) is 16.8 Å². The first-order chi connectivity index (χ1) is 13.0. The quantitative estimate of drug-likeness (QED) is 0.727. The molecule has 3 aliphatic heterocycles. The molecular formula is C20H27N3O4. The van der Waals surface area contributed by atoms with Gasteiger partial charge in [0, 0.05) is 56.4 Å². The molecule has 1 aromatic carbocycles. The molecule has 0 N–H and O–H groups in total. The Morgan fingerprint density at radius 2 is 1.85 bits per heavy atom. The van der Waals surface area contributed by atoms with E-state index in [1.165, 1.54) is 7.11 Å². The molecular weight excluding hydrogens is 346 g/mol. The maximum absolute atomic E-state index is 13.0. The number of anilines is 1. The average Bonchev–Trinajstić information content (AvgIpc) is 3.26. The standard InChI is InChI=1S/C20H27N3O4/c1-21-7-9-22(10-8-21)17-5-3-15(4-6-17)18(24)23-11-16-12-27-14-20(16,13-23)19(25)26-2/h3-6,16H,7-14H2,1-2H3/t16-,20-/m0/s1. The molecule has 1 amide bonds. The van der Waals surface area contributed by atoms with Gasteiger partial charge in [-0.25, -0.2) is 0 Å². The second-order valence-corrected chi connectivity index (χ2v) is 7.88. The van der Waals surface area contributed by atoms with Gasteiger partial charge >= 0.3 is 5.97 Å². The first-order valence-electron chi connectivity index (χ1n) is 9.52. The number of fused-ring (bicyclic) bond motifs is 1. The van der Waals surface area contributed by atoms with Gasteiger partial charge < -0.3 is 24.2 Å². The van der Waals surface area contributed by atoms with Crippen LogP contribution in [0.2, 0.25) is 0 Å². The number of benzene rings is 1. The van der Waals surface area contributed by atoms with Gasteiger partial charge in [-0.2, -0.15) is 0 Å². The minimum absolute atomic E-state index is 0.0125. The number of amides is 1. The van der Waals surface area contributed by atoms with Crippen molar-refractivity contribution in [2.45, 2.75) is 0 Å². The van der Waals surface area contributed by atoms with E-state index in [4.69, 9.17) is 9.47 Å². The number of likely N-dealkylation sites (tertiary alicyclic amines) is 1. The van der Waals surface area contributed by atoms with Crippen LogP contribution in [-0.4, -0.2) is 88.3 Å². The van der Waals surface area contributed by atoms with Crippen LogP contribution in [0.4, 0.5) is 5.69 Å². The summed E-state index contributed by atoms with van der Waals surface area (Å²) in [6.45, 7) is 5.83. The van der Waals surface area contributed by atoms with Crippen LogP contribution >= 0.6 is 0 Å². The summed E-state index contributed by atoms with van der Waals surface area (Å²) in [5, 5.41) is 0. The number of carbonyl (C=O) groups excluding carboxylic acids is 2. The Morgan fingerprint density at radius 1 is 1.15 bits per heavy atom. The van der Waals surface area contributed by atoms with Crippen LogP contribution in [0.25, 0.3) is 0 Å². The molecule has 27 heavy (non-hydrogen) atoms. The molecule has 3 aliphatic rings. The van der Waals surface area contributed by atoms with E-state index >= 15 is 0 Å². The number of rotatable bonds is 3. The first kappa shape index (κ1) is 18.3. The van der Waals surface area contributed by atoms with Crippen molar-refractivity contribution in [3.63, 3.8) is 0 Å². The molecule has 2 atom stereocenters. The highest BCUT2D eigenvalue weighted by atomic mass is 16.5. The third-order valence-electron chi connectivity index (χ3n) is 6.24. The summed E-state index contributed by atoms with van der Waals surface area (Å²) in [5.74, 6) is -0.290. The molecule has 0 spiro atoms. The van der Waals surface area contributed by atoms with Gasteiger partial charge in [-0.3, -0.25) is 9.59 Å². The number of carbonyl (C=O) groups is 2. The van der Waals surface area contributed by atoms with Crippen molar-refractivity contribution >= 4 is 17.6 Å². The highest BCUT2D eigenvalue weighted by Crippen LogP contribution is 2.42. The zero-order chi connectivity index (χ0) is 19.0. The zero-order valence-electron chi connectivity index (χ0n) is 16.0. The van der Waals surface area contributed by atoms with Crippen molar-refractivity contribution in [1.82, 2.24) is 9.80 Å². The Balaban J connectivity index is 1.45. The van der Waals surface area contributed by atoms with Gasteiger partial charge in [0.1, 0.15) is 5.41 Å². The maximum atomic E-state index is 13.0. The second-order valence-electron chi connectivity index (χ2n) is 7.88. The lowest BCUT2D eigenvalue weighted by atomic mass is 9.81. The number of piperazine rings is 1. The summed E-state index contributed by atoms with van der Waals surface area (Å²) in [5.41, 5.74) is 1.11. The fraction of sp³-hybridized carbons (Fsp3) is 0.600. The van der Waals surface area contributed by atoms with Crippen LogP contribution in [0.1, 0.15) is 10.4 Å². The van der Waals surface area contributed by atoms with E-state index in [9.17, 15) is 9.59 Å². The molecule has 3 fully saturated rings. The topological polar surface area (TPSA) is 62.3 Å². The van der Waals surface area contributed by atoms with E-state index in [-0.39, 0.29) is 17.8 Å². The van der Waals surface area contributed by atoms with Crippen molar-refractivity contribution in [2.75, 3.05) is 71.5 Å². The van der Waals surface area contributed by atoms with Crippen LogP contribution < -0.4 is 4.90 Å². The van der Waals surface area contributed by atoms with Gasteiger partial charge in [-0.05, 0) is 31.3 Å². The Bertz CT molecular complexity index is 714. The Labute approximate surface area is 159 Å². The molecule has 0 radical (unpaired) electrons. The molecule has 3 heterocycles. The Kier molecular flexibility index (Phi) is 4.82. The third kappa shape index (κ3) is 3.19. The van der Waals surface area contributed by atoms with Gasteiger partial charge in [0.15, 0.2) is 0 Å². The summed E-state index contributed by atoms with van der Waals surface area (Å²) in [7, 11) is 3.53. The van der Waals surface area contributed by atoms with Crippen molar-refractivity contribution in [2.24, 2.45) is 11.3 Å². The fourth-order valence-electron chi connectivity index (χ4n) is 4.44. The highest BCUT2D eigenvalue weighted by molar-refractivity contribution is 5.95. The fourth-order valence-corrected chi connectivity index (χ4v) is 4.44. The normalized spacial score (nSPS) is 28.3. The highest BCUT2D eigenvalue weighted by Gasteiger charge is 2.57. The van der Waals surface area contributed by atoms with Gasteiger partial charge in [0.05, 0.1) is 20.3 Å². The summed E-state index contributed by atoms with van der Waals surface area (Å²) in [4.78, 5) is 31.7. The van der Waals surface area contributed by atoms with E-state index in [1.807, 2.05) is 24.3 Å². The predicted octanol–water partition coefficient (Wildman–Crippen LogP) is 0.700. The van der Waals surface area contributed by atoms with Crippen molar-refractivity contribution < 1.29 is 19.1 Å². The molecule has 0 bridgehead atoms. The van der Waals surface area contributed by atoms with Crippen molar-refractivity contribution in [3.05, 3.63) is 29.8 Å². The Morgan fingerprint density at radius 3 is 2.52 bits per heavy atom. The number of hydrogen-bond acceptors (Lipinski definition) is 6. The van der Waals surface area contributed by atoms with Crippen LogP contribution in [0.15, 0.2) is 24.3 Å². The third-order valence-corrected chi connectivity index (χ3v) is 6.24.